The Hall–Kier alpha value is -2.75. The molecule has 1 fully saturated rings. The monoisotopic (exact) mass is 346 g/mol. The summed E-state index contributed by atoms with van der Waals surface area (Å²) in [6.07, 6.45) is -1.63. The van der Waals surface area contributed by atoms with Crippen LogP contribution < -0.4 is 11.1 Å². The van der Waals surface area contributed by atoms with Crippen LogP contribution in [0.2, 0.25) is 0 Å². The van der Waals surface area contributed by atoms with Crippen LogP contribution in [0.1, 0.15) is 32.5 Å². The SMILES string of the molecule is NC(=O)c1[nH]ncc1[C@@H]1O[C@H](CO)[C@@H](O)[C@H]1NC(=O)c1ccccc1. The van der Waals surface area contributed by atoms with E-state index in [1.807, 2.05) is 0 Å². The molecule has 0 aliphatic carbocycles. The minimum Gasteiger partial charge on any atom is -0.394 e. The van der Waals surface area contributed by atoms with E-state index in [-0.39, 0.29) is 5.69 Å². The van der Waals surface area contributed by atoms with E-state index in [1.54, 1.807) is 30.3 Å². The van der Waals surface area contributed by atoms with E-state index in [1.165, 1.54) is 6.20 Å². The molecule has 4 atom stereocenters. The Morgan fingerprint density at radius 1 is 1.32 bits per heavy atom. The molecule has 6 N–H and O–H groups in total. The van der Waals surface area contributed by atoms with Crippen molar-refractivity contribution in [3.63, 3.8) is 0 Å². The number of hydrogen-bond acceptors (Lipinski definition) is 6. The molecular formula is C16H18N4O5. The summed E-state index contributed by atoms with van der Waals surface area (Å²) in [5.41, 5.74) is 6.04. The number of ether oxygens (including phenoxy) is 1. The van der Waals surface area contributed by atoms with Crippen molar-refractivity contribution in [2.24, 2.45) is 5.73 Å². The molecular weight excluding hydrogens is 328 g/mol. The second kappa shape index (κ2) is 7.01. The molecule has 0 spiro atoms. The van der Waals surface area contributed by atoms with E-state index in [4.69, 9.17) is 10.5 Å². The molecule has 0 unspecified atom stereocenters. The largest absolute Gasteiger partial charge is 0.394 e. The normalized spacial score (nSPS) is 25.7. The fourth-order valence-corrected chi connectivity index (χ4v) is 2.88. The van der Waals surface area contributed by atoms with Gasteiger partial charge in [0.25, 0.3) is 11.8 Å². The zero-order valence-electron chi connectivity index (χ0n) is 13.1. The van der Waals surface area contributed by atoms with Crippen molar-refractivity contribution in [3.05, 3.63) is 53.3 Å². The number of nitrogens with two attached hydrogens (primary N) is 1. The number of aliphatic hydroxyl groups is 2. The summed E-state index contributed by atoms with van der Waals surface area (Å²) in [5.74, 6) is -1.16. The summed E-state index contributed by atoms with van der Waals surface area (Å²) in [6.45, 7) is -0.445. The third kappa shape index (κ3) is 3.25. The van der Waals surface area contributed by atoms with Crippen molar-refractivity contribution in [2.45, 2.75) is 24.4 Å². The lowest BCUT2D eigenvalue weighted by molar-refractivity contribution is -0.0227. The maximum absolute atomic E-state index is 12.4. The first kappa shape index (κ1) is 17.1. The average molecular weight is 346 g/mol. The highest BCUT2D eigenvalue weighted by Gasteiger charge is 2.46. The minimum atomic E-state index is -1.17. The van der Waals surface area contributed by atoms with Gasteiger partial charge in [-0.3, -0.25) is 14.7 Å². The Morgan fingerprint density at radius 2 is 2.04 bits per heavy atom. The molecule has 0 bridgehead atoms. The van der Waals surface area contributed by atoms with Gasteiger partial charge < -0.3 is 26.0 Å². The lowest BCUT2D eigenvalue weighted by Gasteiger charge is -2.21. The molecule has 0 saturated carbocycles. The number of amides is 2. The topological polar surface area (TPSA) is 151 Å². The summed E-state index contributed by atoms with van der Waals surface area (Å²) >= 11 is 0. The maximum atomic E-state index is 12.4. The van der Waals surface area contributed by atoms with Crippen LogP contribution in [0.4, 0.5) is 0 Å². The molecule has 132 valence electrons. The van der Waals surface area contributed by atoms with Crippen LogP contribution in [0, 0.1) is 0 Å². The second-order valence-corrected chi connectivity index (χ2v) is 5.70. The predicted molar refractivity (Wildman–Crippen MR) is 85.5 cm³/mol. The molecule has 2 aromatic rings. The molecule has 3 rings (SSSR count). The molecule has 2 heterocycles. The molecule has 1 aliphatic rings. The molecule has 9 heteroatoms. The fraction of sp³-hybridized carbons (Fsp3) is 0.312. The van der Waals surface area contributed by atoms with E-state index in [0.717, 1.165) is 0 Å². The van der Waals surface area contributed by atoms with Crippen LogP contribution in [0.5, 0.6) is 0 Å². The van der Waals surface area contributed by atoms with E-state index in [9.17, 15) is 19.8 Å². The van der Waals surface area contributed by atoms with Crippen molar-refractivity contribution in [3.8, 4) is 0 Å². The Balaban J connectivity index is 1.89. The minimum absolute atomic E-state index is 0.0229. The molecule has 9 nitrogen and oxygen atoms in total. The van der Waals surface area contributed by atoms with Crippen LogP contribution in [-0.2, 0) is 4.74 Å². The number of aromatic amines is 1. The number of hydrogen-bond donors (Lipinski definition) is 5. The number of benzene rings is 1. The number of carbonyl (C=O) groups is 2. The van der Waals surface area contributed by atoms with Gasteiger partial charge in [-0.15, -0.1) is 0 Å². The van der Waals surface area contributed by atoms with Crippen molar-refractivity contribution in [2.75, 3.05) is 6.61 Å². The Kier molecular flexibility index (Phi) is 4.79. The number of carbonyl (C=O) groups excluding carboxylic acids is 2. The van der Waals surface area contributed by atoms with Crippen LogP contribution in [-0.4, -0.2) is 57.1 Å². The number of nitrogens with one attached hydrogen (secondary N) is 2. The van der Waals surface area contributed by atoms with E-state index >= 15 is 0 Å². The van der Waals surface area contributed by atoms with Crippen LogP contribution in [0.25, 0.3) is 0 Å². The molecule has 1 aliphatic heterocycles. The fourth-order valence-electron chi connectivity index (χ4n) is 2.88. The van der Waals surface area contributed by atoms with Crippen molar-refractivity contribution < 1.29 is 24.5 Å². The average Bonchev–Trinajstić information content (AvgIpc) is 3.21. The van der Waals surface area contributed by atoms with Gasteiger partial charge in [-0.1, -0.05) is 18.2 Å². The number of aliphatic hydroxyl groups excluding tert-OH is 2. The first-order valence-corrected chi connectivity index (χ1v) is 7.66. The van der Waals surface area contributed by atoms with E-state index in [0.29, 0.717) is 11.1 Å². The molecule has 1 aromatic carbocycles. The van der Waals surface area contributed by atoms with Gasteiger partial charge >= 0.3 is 0 Å². The summed E-state index contributed by atoms with van der Waals surface area (Å²) in [4.78, 5) is 23.9. The van der Waals surface area contributed by atoms with Crippen molar-refractivity contribution in [1.82, 2.24) is 15.5 Å². The molecule has 1 aromatic heterocycles. The highest BCUT2D eigenvalue weighted by atomic mass is 16.5. The number of primary amides is 1. The third-order valence-corrected chi connectivity index (χ3v) is 4.13. The highest BCUT2D eigenvalue weighted by molar-refractivity contribution is 5.94. The number of aromatic nitrogens is 2. The Bertz CT molecular complexity index is 763. The molecule has 1 saturated heterocycles. The predicted octanol–water partition coefficient (Wildman–Crippen LogP) is -0.900. The van der Waals surface area contributed by atoms with Crippen molar-refractivity contribution >= 4 is 11.8 Å². The standard InChI is InChI=1S/C16H18N4O5/c17-15(23)11-9(6-18-20-11)14-12(13(22)10(7-21)25-14)19-16(24)8-4-2-1-3-5-8/h1-6,10,12-14,21-22H,7H2,(H2,17,23)(H,18,20)(H,19,24)/t10-,12-,13-,14+/m1/s1. The van der Waals surface area contributed by atoms with Gasteiger partial charge in [-0.05, 0) is 12.1 Å². The number of nitrogens with zero attached hydrogens (tertiary/aromatic N) is 1. The Morgan fingerprint density at radius 3 is 2.68 bits per heavy atom. The smallest absolute Gasteiger partial charge is 0.267 e. The van der Waals surface area contributed by atoms with Crippen molar-refractivity contribution in [1.29, 1.82) is 0 Å². The van der Waals surface area contributed by atoms with Gasteiger partial charge in [-0.2, -0.15) is 5.10 Å². The Labute approximate surface area is 142 Å². The van der Waals surface area contributed by atoms with Gasteiger partial charge in [0.15, 0.2) is 0 Å². The number of rotatable bonds is 5. The third-order valence-electron chi connectivity index (χ3n) is 4.13. The van der Waals surface area contributed by atoms with Gasteiger partial charge in [0.05, 0.1) is 18.8 Å². The van der Waals surface area contributed by atoms with E-state index in [2.05, 4.69) is 15.5 Å². The van der Waals surface area contributed by atoms with E-state index < -0.39 is 42.8 Å². The lowest BCUT2D eigenvalue weighted by Crippen LogP contribution is -2.46. The van der Waals surface area contributed by atoms with Gasteiger partial charge in [0, 0.05) is 11.1 Å². The molecule has 25 heavy (non-hydrogen) atoms. The molecule has 0 radical (unpaired) electrons. The lowest BCUT2D eigenvalue weighted by atomic mass is 9.98. The summed E-state index contributed by atoms with van der Waals surface area (Å²) in [5, 5.41) is 28.7. The number of H-pyrrole nitrogens is 1. The summed E-state index contributed by atoms with van der Waals surface area (Å²) < 4.78 is 5.62. The van der Waals surface area contributed by atoms with Gasteiger partial charge in [0.1, 0.15) is 24.0 Å². The first-order valence-electron chi connectivity index (χ1n) is 7.66. The van der Waals surface area contributed by atoms with Crippen LogP contribution in [0.15, 0.2) is 36.5 Å². The summed E-state index contributed by atoms with van der Waals surface area (Å²) in [7, 11) is 0. The zero-order chi connectivity index (χ0) is 18.0. The molecule has 2 amide bonds. The van der Waals surface area contributed by atoms with Crippen LogP contribution in [0.3, 0.4) is 0 Å². The quantitative estimate of drug-likeness (QED) is 0.473. The first-order chi connectivity index (χ1) is 12.0. The van der Waals surface area contributed by atoms with Gasteiger partial charge in [0.2, 0.25) is 0 Å². The maximum Gasteiger partial charge on any atom is 0.267 e. The summed E-state index contributed by atoms with van der Waals surface area (Å²) in [6, 6.07) is 7.57. The highest BCUT2D eigenvalue weighted by Crippen LogP contribution is 2.34. The zero-order valence-corrected chi connectivity index (χ0v) is 13.1. The van der Waals surface area contributed by atoms with Gasteiger partial charge in [-0.25, -0.2) is 0 Å². The second-order valence-electron chi connectivity index (χ2n) is 5.70. The van der Waals surface area contributed by atoms with Crippen LogP contribution >= 0.6 is 0 Å².